The largest absolute Gasteiger partial charge is 0.386 e. The second-order valence-corrected chi connectivity index (χ2v) is 5.31. The predicted molar refractivity (Wildman–Crippen MR) is 68.7 cm³/mol. The summed E-state index contributed by atoms with van der Waals surface area (Å²) < 4.78 is 1.77. The van der Waals surface area contributed by atoms with Gasteiger partial charge in [-0.15, -0.1) is 0 Å². The van der Waals surface area contributed by atoms with Gasteiger partial charge in [0.05, 0.1) is 11.8 Å². The van der Waals surface area contributed by atoms with E-state index in [0.29, 0.717) is 0 Å². The van der Waals surface area contributed by atoms with Gasteiger partial charge < -0.3 is 5.11 Å². The van der Waals surface area contributed by atoms with Crippen molar-refractivity contribution in [1.82, 2.24) is 4.98 Å². The zero-order chi connectivity index (χ0) is 11.4. The lowest BCUT2D eigenvalue weighted by Gasteiger charge is -2.20. The Kier molecular flexibility index (Phi) is 5.23. The fourth-order valence-electron chi connectivity index (χ4n) is 1.60. The molecule has 0 saturated heterocycles. The van der Waals surface area contributed by atoms with Crippen LogP contribution < -0.4 is 0 Å². The normalized spacial score (nSPS) is 13.2. The second kappa shape index (κ2) is 5.97. The van der Waals surface area contributed by atoms with Crippen molar-refractivity contribution < 1.29 is 5.11 Å². The highest BCUT2D eigenvalue weighted by atomic mass is 79.9. The van der Waals surface area contributed by atoms with E-state index in [1.807, 2.05) is 6.07 Å². The minimum atomic E-state index is -0.484. The maximum absolute atomic E-state index is 10.1. The molecular weight excluding hydrogens is 322 g/mol. The van der Waals surface area contributed by atoms with E-state index in [2.05, 4.69) is 50.7 Å². The molecule has 1 aromatic rings. The molecule has 1 N–H and O–H groups in total. The summed E-state index contributed by atoms with van der Waals surface area (Å²) in [5.41, 5.74) is 0.729. The van der Waals surface area contributed by atoms with E-state index in [4.69, 9.17) is 0 Å². The van der Waals surface area contributed by atoms with Gasteiger partial charge in [-0.1, -0.05) is 26.7 Å². The van der Waals surface area contributed by atoms with Gasteiger partial charge in [0.1, 0.15) is 0 Å². The number of aliphatic hydroxyl groups excluding tert-OH is 1. The zero-order valence-electron chi connectivity index (χ0n) is 8.87. The Balaban J connectivity index is 2.94. The molecule has 0 aliphatic heterocycles. The van der Waals surface area contributed by atoms with Gasteiger partial charge in [-0.05, 0) is 43.8 Å². The molecule has 15 heavy (non-hydrogen) atoms. The summed E-state index contributed by atoms with van der Waals surface area (Å²) in [6.45, 7) is 4.17. The van der Waals surface area contributed by atoms with Crippen LogP contribution in [-0.4, -0.2) is 10.1 Å². The highest BCUT2D eigenvalue weighted by molar-refractivity contribution is 9.11. The van der Waals surface area contributed by atoms with Crippen molar-refractivity contribution in [2.75, 3.05) is 0 Å². The van der Waals surface area contributed by atoms with Crippen LogP contribution in [0.3, 0.4) is 0 Å². The Hall–Kier alpha value is 0.0700. The molecule has 0 aromatic carbocycles. The summed E-state index contributed by atoms with van der Waals surface area (Å²) in [7, 11) is 0. The molecule has 0 aliphatic rings. The van der Waals surface area contributed by atoms with E-state index in [1.165, 1.54) is 0 Å². The van der Waals surface area contributed by atoms with E-state index >= 15 is 0 Å². The molecule has 84 valence electrons. The van der Waals surface area contributed by atoms with E-state index in [-0.39, 0.29) is 5.92 Å². The number of halogens is 2. The second-order valence-electron chi connectivity index (χ2n) is 3.54. The van der Waals surface area contributed by atoms with Crippen molar-refractivity contribution in [2.24, 2.45) is 5.92 Å². The van der Waals surface area contributed by atoms with Crippen LogP contribution in [0.4, 0.5) is 0 Å². The first-order valence-corrected chi connectivity index (χ1v) is 6.67. The summed E-state index contributed by atoms with van der Waals surface area (Å²) in [5.74, 6) is 0.273. The summed E-state index contributed by atoms with van der Waals surface area (Å²) in [5, 5.41) is 10.1. The van der Waals surface area contributed by atoms with E-state index in [9.17, 15) is 5.11 Å². The van der Waals surface area contributed by atoms with Crippen molar-refractivity contribution in [3.8, 4) is 0 Å². The molecule has 1 rings (SSSR count). The first-order valence-electron chi connectivity index (χ1n) is 5.09. The Morgan fingerprint density at radius 3 is 2.40 bits per heavy atom. The first kappa shape index (κ1) is 13.1. The van der Waals surface area contributed by atoms with Crippen molar-refractivity contribution in [2.45, 2.75) is 32.8 Å². The van der Waals surface area contributed by atoms with Crippen LogP contribution in [0.15, 0.2) is 21.2 Å². The fourth-order valence-corrected chi connectivity index (χ4v) is 2.82. The van der Waals surface area contributed by atoms with Crippen LogP contribution in [0.2, 0.25) is 0 Å². The minimum absolute atomic E-state index is 0.273. The first-order chi connectivity index (χ1) is 7.10. The highest BCUT2D eigenvalue weighted by Gasteiger charge is 2.21. The van der Waals surface area contributed by atoms with Crippen molar-refractivity contribution in [3.63, 3.8) is 0 Å². The molecule has 4 heteroatoms. The Labute approximate surface area is 107 Å². The molecular formula is C11H15Br2NO. The summed E-state index contributed by atoms with van der Waals surface area (Å²) in [6.07, 6.45) is 3.15. The number of nitrogens with zero attached hydrogens (tertiary/aromatic N) is 1. The molecule has 0 aliphatic carbocycles. The molecule has 0 spiro atoms. The predicted octanol–water partition coefficient (Wildman–Crippen LogP) is 4.08. The number of aromatic nitrogens is 1. The Morgan fingerprint density at radius 1 is 1.33 bits per heavy atom. The SMILES string of the molecule is CCC(CC)C(O)c1ncc(Br)cc1Br. The number of hydrogen-bond donors (Lipinski definition) is 1. The van der Waals surface area contributed by atoms with Crippen LogP contribution >= 0.6 is 31.9 Å². The summed E-state index contributed by atoms with van der Waals surface area (Å²) >= 11 is 6.76. The smallest absolute Gasteiger partial charge is 0.0999 e. The summed E-state index contributed by atoms with van der Waals surface area (Å²) in [4.78, 5) is 4.25. The quantitative estimate of drug-likeness (QED) is 0.898. The average molecular weight is 337 g/mol. The third-order valence-corrected chi connectivity index (χ3v) is 3.68. The molecule has 0 saturated carbocycles. The lowest BCUT2D eigenvalue weighted by molar-refractivity contribution is 0.0984. The number of pyridine rings is 1. The maximum Gasteiger partial charge on any atom is 0.0999 e. The molecule has 1 atom stereocenters. The van der Waals surface area contributed by atoms with Crippen molar-refractivity contribution in [1.29, 1.82) is 0 Å². The highest BCUT2D eigenvalue weighted by Crippen LogP contribution is 2.31. The molecule has 0 radical (unpaired) electrons. The average Bonchev–Trinajstić information content (AvgIpc) is 2.19. The maximum atomic E-state index is 10.1. The van der Waals surface area contributed by atoms with Crippen molar-refractivity contribution in [3.05, 3.63) is 26.9 Å². The molecule has 1 aromatic heterocycles. The number of rotatable bonds is 4. The standard InChI is InChI=1S/C11H15Br2NO/c1-3-7(4-2)11(15)10-9(13)5-8(12)6-14-10/h5-7,11,15H,3-4H2,1-2H3. The van der Waals surface area contributed by atoms with Gasteiger partial charge in [0, 0.05) is 15.1 Å². The van der Waals surface area contributed by atoms with Crippen LogP contribution in [-0.2, 0) is 0 Å². The van der Waals surface area contributed by atoms with Crippen LogP contribution in [0, 0.1) is 5.92 Å². The Morgan fingerprint density at radius 2 is 1.93 bits per heavy atom. The lowest BCUT2D eigenvalue weighted by Crippen LogP contribution is -2.13. The summed E-state index contributed by atoms with van der Waals surface area (Å²) in [6, 6.07) is 1.91. The molecule has 2 nitrogen and oxygen atoms in total. The van der Waals surface area contributed by atoms with E-state index in [1.54, 1.807) is 6.20 Å². The third kappa shape index (κ3) is 3.26. The van der Waals surface area contributed by atoms with Crippen LogP contribution in [0.1, 0.15) is 38.5 Å². The fraction of sp³-hybridized carbons (Fsp3) is 0.545. The van der Waals surface area contributed by atoms with E-state index < -0.39 is 6.10 Å². The molecule has 1 unspecified atom stereocenters. The van der Waals surface area contributed by atoms with Crippen molar-refractivity contribution >= 4 is 31.9 Å². The molecule has 0 fully saturated rings. The molecule has 0 bridgehead atoms. The number of hydrogen-bond acceptors (Lipinski definition) is 2. The third-order valence-electron chi connectivity index (χ3n) is 2.61. The molecule has 1 heterocycles. The topological polar surface area (TPSA) is 33.1 Å². The van der Waals surface area contributed by atoms with Crippen LogP contribution in [0.25, 0.3) is 0 Å². The minimum Gasteiger partial charge on any atom is -0.386 e. The van der Waals surface area contributed by atoms with Gasteiger partial charge in [-0.25, -0.2) is 0 Å². The Bertz CT molecular complexity index is 326. The van der Waals surface area contributed by atoms with Gasteiger partial charge in [0.15, 0.2) is 0 Å². The van der Waals surface area contributed by atoms with E-state index in [0.717, 1.165) is 27.5 Å². The van der Waals surface area contributed by atoms with Gasteiger partial charge in [0.25, 0.3) is 0 Å². The molecule has 0 amide bonds. The zero-order valence-corrected chi connectivity index (χ0v) is 12.0. The van der Waals surface area contributed by atoms with Crippen LogP contribution in [0.5, 0.6) is 0 Å². The van der Waals surface area contributed by atoms with Gasteiger partial charge >= 0.3 is 0 Å². The monoisotopic (exact) mass is 335 g/mol. The number of aliphatic hydroxyl groups is 1. The van der Waals surface area contributed by atoms with Gasteiger partial charge in [0.2, 0.25) is 0 Å². The lowest BCUT2D eigenvalue weighted by atomic mass is 9.94. The van der Waals surface area contributed by atoms with Gasteiger partial charge in [-0.2, -0.15) is 0 Å². The van der Waals surface area contributed by atoms with Gasteiger partial charge in [-0.3, -0.25) is 4.98 Å².